The topological polar surface area (TPSA) is 99.5 Å². The van der Waals surface area contributed by atoms with E-state index in [1.165, 1.54) is 11.1 Å². The Hall–Kier alpha value is -2.62. The lowest BCUT2D eigenvalue weighted by molar-refractivity contribution is -0.159. The third-order valence-corrected chi connectivity index (χ3v) is 5.48. The van der Waals surface area contributed by atoms with E-state index >= 15 is 0 Å². The van der Waals surface area contributed by atoms with E-state index in [-0.39, 0.29) is 0 Å². The van der Waals surface area contributed by atoms with E-state index in [2.05, 4.69) is 50.0 Å². The molecule has 0 atom stereocenters. The van der Waals surface area contributed by atoms with Gasteiger partial charge in [0.2, 0.25) is 0 Å². The molecule has 1 fully saturated rings. The molecule has 1 heterocycles. The summed E-state index contributed by atoms with van der Waals surface area (Å²) in [5.74, 6) is -1.79. The predicted molar refractivity (Wildman–Crippen MR) is 120 cm³/mol. The quantitative estimate of drug-likeness (QED) is 0.591. The van der Waals surface area contributed by atoms with Crippen LogP contribution in [0, 0.1) is 0 Å². The molecule has 2 N–H and O–H groups in total. The fourth-order valence-corrected chi connectivity index (χ4v) is 3.83. The Morgan fingerprint density at radius 3 is 1.94 bits per heavy atom. The van der Waals surface area contributed by atoms with E-state index in [1.807, 2.05) is 18.2 Å². The molecule has 0 unspecified atom stereocenters. The van der Waals surface area contributed by atoms with E-state index in [1.54, 1.807) is 14.2 Å². The summed E-state index contributed by atoms with van der Waals surface area (Å²) >= 11 is 3.57. The summed E-state index contributed by atoms with van der Waals surface area (Å²) < 4.78 is 11.8. The second-order valence-corrected chi connectivity index (χ2v) is 7.80. The first kappa shape index (κ1) is 24.6. The van der Waals surface area contributed by atoms with Gasteiger partial charge >= 0.3 is 11.9 Å². The van der Waals surface area contributed by atoms with Crippen molar-refractivity contribution in [2.75, 3.05) is 40.4 Å². The minimum Gasteiger partial charge on any atom is -0.496 e. The SMILES string of the molecule is COc1ccc(CN2CCN(Cc3ccccc3OC)CC2)cc1Br.O=C(O)C(=O)O. The molecule has 9 heteroatoms. The number of piperazine rings is 1. The van der Waals surface area contributed by atoms with Crippen molar-refractivity contribution < 1.29 is 29.3 Å². The van der Waals surface area contributed by atoms with E-state index in [4.69, 9.17) is 29.3 Å². The first-order chi connectivity index (χ1) is 14.8. The molecular formula is C22H27BrN2O6. The molecule has 1 saturated heterocycles. The number of benzene rings is 2. The Bertz CT molecular complexity index is 872. The van der Waals surface area contributed by atoms with Crippen molar-refractivity contribution in [3.8, 4) is 11.5 Å². The van der Waals surface area contributed by atoms with Crippen LogP contribution < -0.4 is 9.47 Å². The van der Waals surface area contributed by atoms with Crippen molar-refractivity contribution in [1.82, 2.24) is 9.80 Å². The molecule has 0 spiro atoms. The van der Waals surface area contributed by atoms with Crippen molar-refractivity contribution in [3.05, 3.63) is 58.1 Å². The molecule has 0 amide bonds. The minimum absolute atomic E-state index is 0.880. The summed E-state index contributed by atoms with van der Waals surface area (Å²) in [5, 5.41) is 14.8. The molecule has 2 aromatic rings. The molecule has 3 rings (SSSR count). The Labute approximate surface area is 190 Å². The van der Waals surface area contributed by atoms with Crippen molar-refractivity contribution >= 4 is 27.9 Å². The van der Waals surface area contributed by atoms with Crippen molar-refractivity contribution in [2.24, 2.45) is 0 Å². The molecule has 168 valence electrons. The van der Waals surface area contributed by atoms with Crippen LogP contribution in [-0.4, -0.2) is 72.4 Å². The van der Waals surface area contributed by atoms with Crippen LogP contribution in [0.5, 0.6) is 11.5 Å². The van der Waals surface area contributed by atoms with Gasteiger partial charge < -0.3 is 19.7 Å². The smallest absolute Gasteiger partial charge is 0.414 e. The third kappa shape index (κ3) is 7.86. The van der Waals surface area contributed by atoms with Gasteiger partial charge in [-0.1, -0.05) is 24.3 Å². The lowest BCUT2D eigenvalue weighted by atomic mass is 10.1. The highest BCUT2D eigenvalue weighted by molar-refractivity contribution is 9.10. The second-order valence-electron chi connectivity index (χ2n) is 6.94. The fraction of sp³-hybridized carbons (Fsp3) is 0.364. The number of carbonyl (C=O) groups is 2. The monoisotopic (exact) mass is 494 g/mol. The number of halogens is 1. The van der Waals surface area contributed by atoms with Crippen LogP contribution in [0.15, 0.2) is 46.9 Å². The van der Waals surface area contributed by atoms with Gasteiger partial charge in [0.15, 0.2) is 0 Å². The molecule has 2 aromatic carbocycles. The van der Waals surface area contributed by atoms with Gasteiger partial charge in [-0.25, -0.2) is 9.59 Å². The molecular weight excluding hydrogens is 468 g/mol. The van der Waals surface area contributed by atoms with Crippen molar-refractivity contribution in [1.29, 1.82) is 0 Å². The Kier molecular flexibility index (Phi) is 9.77. The zero-order valence-electron chi connectivity index (χ0n) is 17.6. The van der Waals surface area contributed by atoms with Crippen LogP contribution in [0.1, 0.15) is 11.1 Å². The Morgan fingerprint density at radius 2 is 1.42 bits per heavy atom. The molecule has 1 aliphatic rings. The fourth-order valence-electron chi connectivity index (χ4n) is 3.25. The highest BCUT2D eigenvalue weighted by Gasteiger charge is 2.18. The molecule has 0 radical (unpaired) electrons. The lowest BCUT2D eigenvalue weighted by Gasteiger charge is -2.35. The summed E-state index contributed by atoms with van der Waals surface area (Å²) in [6.45, 7) is 6.25. The predicted octanol–water partition coefficient (Wildman–Crippen LogP) is 2.94. The number of ether oxygens (including phenoxy) is 2. The first-order valence-corrected chi connectivity index (χ1v) is 10.5. The van der Waals surface area contributed by atoms with Crippen LogP contribution >= 0.6 is 15.9 Å². The number of carboxylic acid groups (broad SMARTS) is 2. The van der Waals surface area contributed by atoms with E-state index in [0.717, 1.165) is 55.2 Å². The highest BCUT2D eigenvalue weighted by atomic mass is 79.9. The summed E-state index contributed by atoms with van der Waals surface area (Å²) in [4.78, 5) is 23.2. The van der Waals surface area contributed by atoms with Crippen LogP contribution in [0.2, 0.25) is 0 Å². The maximum atomic E-state index is 9.10. The molecule has 0 aliphatic carbocycles. The summed E-state index contributed by atoms with van der Waals surface area (Å²) in [5.41, 5.74) is 2.57. The lowest BCUT2D eigenvalue weighted by Crippen LogP contribution is -2.45. The van der Waals surface area contributed by atoms with Gasteiger partial charge in [0.05, 0.1) is 18.7 Å². The molecule has 0 saturated carbocycles. The number of hydrogen-bond acceptors (Lipinski definition) is 6. The van der Waals surface area contributed by atoms with E-state index in [0.29, 0.717) is 0 Å². The van der Waals surface area contributed by atoms with Gasteiger partial charge in [-0.2, -0.15) is 0 Å². The largest absolute Gasteiger partial charge is 0.496 e. The molecule has 31 heavy (non-hydrogen) atoms. The Morgan fingerprint density at radius 1 is 0.871 bits per heavy atom. The Balaban J connectivity index is 0.000000501. The van der Waals surface area contributed by atoms with Crippen LogP contribution in [0.3, 0.4) is 0 Å². The minimum atomic E-state index is -1.82. The molecule has 1 aliphatic heterocycles. The van der Waals surface area contributed by atoms with Crippen molar-refractivity contribution in [2.45, 2.75) is 13.1 Å². The summed E-state index contributed by atoms with van der Waals surface area (Å²) in [7, 11) is 3.43. The molecule has 8 nitrogen and oxygen atoms in total. The van der Waals surface area contributed by atoms with Crippen LogP contribution in [0.25, 0.3) is 0 Å². The normalized spacial score (nSPS) is 14.3. The number of aliphatic carboxylic acids is 2. The van der Waals surface area contributed by atoms with E-state index in [9.17, 15) is 0 Å². The average Bonchev–Trinajstić information content (AvgIpc) is 2.76. The standard InChI is InChI=1S/C20H25BrN2O2.C2H2O4/c1-24-19-6-4-3-5-17(19)15-23-11-9-22(10-12-23)14-16-7-8-20(25-2)18(21)13-16;3-1(4)2(5)6/h3-8,13H,9-12,14-15H2,1-2H3;(H,3,4)(H,5,6). The van der Waals surface area contributed by atoms with Crippen LogP contribution in [0.4, 0.5) is 0 Å². The van der Waals surface area contributed by atoms with Gasteiger partial charge in [-0.05, 0) is 39.7 Å². The van der Waals surface area contributed by atoms with Crippen molar-refractivity contribution in [3.63, 3.8) is 0 Å². The zero-order chi connectivity index (χ0) is 22.8. The first-order valence-electron chi connectivity index (χ1n) is 9.69. The van der Waals surface area contributed by atoms with Gasteiger partial charge in [0, 0.05) is 44.8 Å². The van der Waals surface area contributed by atoms with Gasteiger partial charge in [0.25, 0.3) is 0 Å². The highest BCUT2D eigenvalue weighted by Crippen LogP contribution is 2.26. The maximum absolute atomic E-state index is 9.10. The summed E-state index contributed by atoms with van der Waals surface area (Å²) in [6, 6.07) is 14.6. The third-order valence-electron chi connectivity index (χ3n) is 4.86. The number of nitrogens with zero attached hydrogens (tertiary/aromatic N) is 2. The van der Waals surface area contributed by atoms with E-state index < -0.39 is 11.9 Å². The van der Waals surface area contributed by atoms with Gasteiger partial charge in [-0.3, -0.25) is 9.80 Å². The average molecular weight is 495 g/mol. The maximum Gasteiger partial charge on any atom is 0.414 e. The molecule has 0 aromatic heterocycles. The zero-order valence-corrected chi connectivity index (χ0v) is 19.2. The summed E-state index contributed by atoms with van der Waals surface area (Å²) in [6.07, 6.45) is 0. The number of carboxylic acids is 2. The molecule has 0 bridgehead atoms. The second kappa shape index (κ2) is 12.3. The van der Waals surface area contributed by atoms with Gasteiger partial charge in [-0.15, -0.1) is 0 Å². The number of methoxy groups -OCH3 is 2. The number of hydrogen-bond donors (Lipinski definition) is 2. The number of rotatable bonds is 6. The number of para-hydroxylation sites is 1. The van der Waals surface area contributed by atoms with Gasteiger partial charge in [0.1, 0.15) is 11.5 Å². The van der Waals surface area contributed by atoms with Crippen LogP contribution in [-0.2, 0) is 22.7 Å².